The van der Waals surface area contributed by atoms with Crippen LogP contribution in [0.1, 0.15) is 51.2 Å². The Kier molecular flexibility index (Phi) is 4.45. The Morgan fingerprint density at radius 1 is 0.800 bits per heavy atom. The van der Waals surface area contributed by atoms with Crippen LogP contribution in [0.25, 0.3) is 43.6 Å². The van der Waals surface area contributed by atoms with Crippen LogP contribution in [0, 0.1) is 0 Å². The van der Waals surface area contributed by atoms with Gasteiger partial charge in [0.25, 0.3) is 17.7 Å². The number of nitrogens with zero attached hydrogens (tertiary/aromatic N) is 3. The van der Waals surface area contributed by atoms with Gasteiger partial charge in [-0.05, 0) is 36.2 Å². The number of imide groups is 2. The fourth-order valence-corrected chi connectivity index (χ4v) is 8.75. The molecule has 5 heterocycles. The van der Waals surface area contributed by atoms with E-state index in [1.807, 2.05) is 72.8 Å². The van der Waals surface area contributed by atoms with Crippen LogP contribution in [0.5, 0.6) is 5.75 Å². The lowest BCUT2D eigenvalue weighted by Gasteiger charge is -2.31. The monoisotopic (exact) mass is 595 g/mol. The van der Waals surface area contributed by atoms with E-state index in [4.69, 9.17) is 4.74 Å². The molecular weight excluding hydrogens is 570 g/mol. The van der Waals surface area contributed by atoms with E-state index in [1.165, 1.54) is 4.90 Å². The van der Waals surface area contributed by atoms with E-state index in [1.54, 1.807) is 7.11 Å². The van der Waals surface area contributed by atoms with Gasteiger partial charge >= 0.3 is 6.03 Å². The largest absolute Gasteiger partial charge is 0.497 e. The number of carbonyl (C=O) groups excluding carboxylic acids is 4. The van der Waals surface area contributed by atoms with E-state index in [-0.39, 0.29) is 30.3 Å². The standard InChI is InChI=1S/C35H25N5O5/c1-45-19-12-10-17(11-13-19)16-38-31(41)27-25-20-6-2-4-8-22(20)39-18-14-24(35(15-18)33(43)36-34(44)37-35)40-23-9-5-3-7-21(23)26(28(27)32(38)42)30(40)29(25)39/h2-13,18,24H,14-16H2,1H3,(H2,36,37,43,44). The number of urea groups is 1. The molecule has 10 nitrogen and oxygen atoms in total. The number of hydrogen-bond acceptors (Lipinski definition) is 5. The van der Waals surface area contributed by atoms with Crippen molar-refractivity contribution >= 4 is 67.4 Å². The van der Waals surface area contributed by atoms with Crippen molar-refractivity contribution in [1.29, 1.82) is 0 Å². The smallest absolute Gasteiger partial charge is 0.322 e. The predicted octanol–water partition coefficient (Wildman–Crippen LogP) is 5.18. The molecule has 1 spiro atoms. The number of nitrogens with one attached hydrogen (secondary N) is 2. The maximum absolute atomic E-state index is 14.5. The maximum Gasteiger partial charge on any atom is 0.322 e. The van der Waals surface area contributed by atoms with Crippen LogP contribution in [0.15, 0.2) is 72.8 Å². The summed E-state index contributed by atoms with van der Waals surface area (Å²) in [5, 5.41) is 8.70. The van der Waals surface area contributed by atoms with Crippen LogP contribution in [0.3, 0.4) is 0 Å². The molecule has 6 aromatic rings. The van der Waals surface area contributed by atoms with Gasteiger partial charge in [-0.1, -0.05) is 48.5 Å². The molecule has 3 atom stereocenters. The summed E-state index contributed by atoms with van der Waals surface area (Å²) in [5.74, 6) is -0.302. The van der Waals surface area contributed by atoms with E-state index in [0.717, 1.165) is 43.8 Å². The molecule has 5 amide bonds. The first kappa shape index (κ1) is 24.8. The third-order valence-corrected chi connectivity index (χ3v) is 10.5. The van der Waals surface area contributed by atoms with E-state index in [2.05, 4.69) is 19.8 Å². The second-order valence-corrected chi connectivity index (χ2v) is 12.5. The molecule has 3 aliphatic heterocycles. The van der Waals surface area contributed by atoms with Crippen molar-refractivity contribution in [2.45, 2.75) is 37.0 Å². The van der Waals surface area contributed by atoms with Gasteiger partial charge in [0.15, 0.2) is 0 Å². The van der Waals surface area contributed by atoms with E-state index in [9.17, 15) is 19.2 Å². The van der Waals surface area contributed by atoms with E-state index >= 15 is 0 Å². The van der Waals surface area contributed by atoms with Crippen LogP contribution >= 0.6 is 0 Å². The van der Waals surface area contributed by atoms with Crippen molar-refractivity contribution in [2.75, 3.05) is 7.11 Å². The first-order chi connectivity index (χ1) is 21.9. The first-order valence-corrected chi connectivity index (χ1v) is 15.0. The number of fused-ring (bicyclic) bond motifs is 14. The van der Waals surface area contributed by atoms with Gasteiger partial charge in [-0.25, -0.2) is 4.79 Å². The Balaban J connectivity index is 1.34. The van der Waals surface area contributed by atoms with Crippen LogP contribution < -0.4 is 15.4 Å². The number of para-hydroxylation sites is 2. The van der Waals surface area contributed by atoms with Gasteiger partial charge in [0, 0.05) is 45.0 Å². The molecule has 10 rings (SSSR count). The lowest BCUT2D eigenvalue weighted by molar-refractivity contribution is -0.124. The summed E-state index contributed by atoms with van der Waals surface area (Å²) < 4.78 is 9.73. The molecule has 4 aromatic carbocycles. The maximum atomic E-state index is 14.5. The highest BCUT2D eigenvalue weighted by Crippen LogP contribution is 2.57. The summed E-state index contributed by atoms with van der Waals surface area (Å²) >= 11 is 0. The van der Waals surface area contributed by atoms with Gasteiger partial charge in [0.05, 0.1) is 41.9 Å². The third kappa shape index (κ3) is 2.81. The summed E-state index contributed by atoms with van der Waals surface area (Å²) in [7, 11) is 1.60. The van der Waals surface area contributed by atoms with Gasteiger partial charge in [-0.2, -0.15) is 0 Å². The Labute approximate surface area is 255 Å². The Hall–Kier alpha value is -5.64. The van der Waals surface area contributed by atoms with Gasteiger partial charge < -0.3 is 19.2 Å². The normalized spacial score (nSPS) is 23.3. The van der Waals surface area contributed by atoms with Gasteiger partial charge in [0.1, 0.15) is 11.3 Å². The lowest BCUT2D eigenvalue weighted by atomic mass is 9.92. The highest BCUT2D eigenvalue weighted by Gasteiger charge is 2.60. The summed E-state index contributed by atoms with van der Waals surface area (Å²) in [4.78, 5) is 56.6. The van der Waals surface area contributed by atoms with Crippen molar-refractivity contribution in [3.63, 3.8) is 0 Å². The zero-order valence-corrected chi connectivity index (χ0v) is 24.1. The van der Waals surface area contributed by atoms with Crippen molar-refractivity contribution in [3.8, 4) is 5.75 Å². The molecule has 1 saturated heterocycles. The van der Waals surface area contributed by atoms with Gasteiger partial charge in [-0.15, -0.1) is 0 Å². The lowest BCUT2D eigenvalue weighted by Crippen LogP contribution is -2.50. The number of ether oxygens (including phenoxy) is 1. The number of benzene rings is 4. The molecule has 2 aromatic heterocycles. The second kappa shape index (κ2) is 8.09. The topological polar surface area (TPSA) is 115 Å². The minimum atomic E-state index is -1.15. The quantitative estimate of drug-likeness (QED) is 0.216. The van der Waals surface area contributed by atoms with Gasteiger partial charge in [-0.3, -0.25) is 24.6 Å². The van der Waals surface area contributed by atoms with Gasteiger partial charge in [0.2, 0.25) is 0 Å². The molecule has 2 fully saturated rings. The molecule has 2 N–H and O–H groups in total. The third-order valence-electron chi connectivity index (χ3n) is 10.5. The molecule has 220 valence electrons. The van der Waals surface area contributed by atoms with Crippen molar-refractivity contribution < 1.29 is 23.9 Å². The minimum Gasteiger partial charge on any atom is -0.497 e. The molecule has 2 bridgehead atoms. The summed E-state index contributed by atoms with van der Waals surface area (Å²) in [6.45, 7) is 0.122. The summed E-state index contributed by atoms with van der Waals surface area (Å²) in [6.07, 6.45) is 1.00. The molecule has 3 unspecified atom stereocenters. The number of methoxy groups -OCH3 is 1. The highest BCUT2D eigenvalue weighted by molar-refractivity contribution is 6.39. The Morgan fingerprint density at radius 2 is 1.40 bits per heavy atom. The second-order valence-electron chi connectivity index (χ2n) is 12.5. The number of hydrogen-bond donors (Lipinski definition) is 2. The van der Waals surface area contributed by atoms with Crippen molar-refractivity contribution in [2.24, 2.45) is 0 Å². The molecule has 45 heavy (non-hydrogen) atoms. The van der Waals surface area contributed by atoms with Crippen LogP contribution in [0.4, 0.5) is 4.79 Å². The fourth-order valence-electron chi connectivity index (χ4n) is 8.75. The Morgan fingerprint density at radius 3 is 2.00 bits per heavy atom. The van der Waals surface area contributed by atoms with Crippen LogP contribution in [-0.4, -0.2) is 50.4 Å². The SMILES string of the molecule is COc1ccc(CN2C(=O)c3c(c4c5ccccc5n5c4c4c3c3ccccc3n4C3CC5C4(C3)NC(=O)NC4=O)C2=O)cc1. The zero-order valence-electron chi connectivity index (χ0n) is 24.1. The summed E-state index contributed by atoms with van der Waals surface area (Å²) in [6, 6.07) is 22.1. The number of aromatic nitrogens is 2. The van der Waals surface area contributed by atoms with E-state index in [0.29, 0.717) is 35.1 Å². The molecular formula is C35H25N5O5. The van der Waals surface area contributed by atoms with Crippen LogP contribution in [-0.2, 0) is 11.3 Å². The van der Waals surface area contributed by atoms with Crippen LogP contribution in [0.2, 0.25) is 0 Å². The summed E-state index contributed by atoms with van der Waals surface area (Å²) in [5.41, 5.74) is 3.97. The Bertz CT molecular complexity index is 2400. The first-order valence-electron chi connectivity index (χ1n) is 15.0. The number of rotatable bonds is 3. The highest BCUT2D eigenvalue weighted by atomic mass is 16.5. The average molecular weight is 596 g/mol. The minimum absolute atomic E-state index is 0.122. The van der Waals surface area contributed by atoms with Crippen molar-refractivity contribution in [3.05, 3.63) is 89.5 Å². The fraction of sp³-hybridized carbons (Fsp3) is 0.200. The predicted molar refractivity (Wildman–Crippen MR) is 166 cm³/mol. The zero-order chi connectivity index (χ0) is 30.4. The van der Waals surface area contributed by atoms with Crippen molar-refractivity contribution in [1.82, 2.24) is 24.7 Å². The average Bonchev–Trinajstić information content (AvgIpc) is 3.79. The molecule has 0 radical (unpaired) electrons. The number of amides is 5. The number of carbonyl (C=O) groups is 4. The van der Waals surface area contributed by atoms with E-state index < -0.39 is 17.6 Å². The molecule has 1 saturated carbocycles. The molecule has 10 heteroatoms. The molecule has 4 aliphatic rings. The molecule has 1 aliphatic carbocycles.